The summed E-state index contributed by atoms with van der Waals surface area (Å²) in [6.45, 7) is 5.45. The van der Waals surface area contributed by atoms with Crippen molar-refractivity contribution in [3.05, 3.63) is 64.2 Å². The van der Waals surface area contributed by atoms with E-state index in [9.17, 15) is 21.6 Å². The number of ether oxygens (including phenoxy) is 1. The van der Waals surface area contributed by atoms with Crippen molar-refractivity contribution in [2.75, 3.05) is 24.9 Å². The molecule has 5 rings (SSSR count). The normalized spacial score (nSPS) is 20.5. The van der Waals surface area contributed by atoms with Crippen LogP contribution >= 0.6 is 11.3 Å². The number of hydrogen-bond donors (Lipinski definition) is 1. The molecule has 1 saturated heterocycles. The Labute approximate surface area is 224 Å². The lowest BCUT2D eigenvalue weighted by Gasteiger charge is -2.40. The van der Waals surface area contributed by atoms with Crippen LogP contribution in [0.1, 0.15) is 67.2 Å². The molecule has 7 nitrogen and oxygen atoms in total. The van der Waals surface area contributed by atoms with Crippen molar-refractivity contribution in [1.82, 2.24) is 15.1 Å². The van der Waals surface area contributed by atoms with Gasteiger partial charge in [0.1, 0.15) is 16.9 Å². The fourth-order valence-electron chi connectivity index (χ4n) is 5.41. The molecule has 0 saturated carbocycles. The van der Waals surface area contributed by atoms with Gasteiger partial charge < -0.3 is 9.64 Å². The number of anilines is 1. The number of alkyl halides is 3. The Bertz CT molecular complexity index is 1420. The number of aromatic nitrogens is 2. The van der Waals surface area contributed by atoms with Gasteiger partial charge in [-0.15, -0.1) is 10.2 Å². The van der Waals surface area contributed by atoms with Crippen LogP contribution in [0.5, 0.6) is 5.75 Å². The SMILES string of the molecule is CN1CCC(c2cc(C(F)(F)F)ccc2C2CC(C)(C)Oc3cc(S(=O)(=O)Nc4nncs4)ccc32)CC1. The fraction of sp³-hybridized carbons (Fsp3) is 0.462. The minimum Gasteiger partial charge on any atom is -0.487 e. The summed E-state index contributed by atoms with van der Waals surface area (Å²) in [7, 11) is -1.92. The van der Waals surface area contributed by atoms with Crippen LogP contribution in [0.4, 0.5) is 18.3 Å². The maximum atomic E-state index is 13.7. The first kappa shape index (κ1) is 26.9. The van der Waals surface area contributed by atoms with E-state index < -0.39 is 27.4 Å². The molecule has 0 bridgehead atoms. The van der Waals surface area contributed by atoms with Gasteiger partial charge in [0.2, 0.25) is 5.13 Å². The number of hydrogen-bond acceptors (Lipinski definition) is 7. The maximum absolute atomic E-state index is 13.7. The summed E-state index contributed by atoms with van der Waals surface area (Å²) in [6.07, 6.45) is -2.34. The maximum Gasteiger partial charge on any atom is 0.416 e. The number of fused-ring (bicyclic) bond motifs is 1. The summed E-state index contributed by atoms with van der Waals surface area (Å²) in [5.74, 6) is 0.160. The molecule has 3 heterocycles. The summed E-state index contributed by atoms with van der Waals surface area (Å²) in [5.41, 5.74) is 2.43. The number of likely N-dealkylation sites (tertiary alicyclic amines) is 1. The average molecular weight is 567 g/mol. The molecule has 0 radical (unpaired) electrons. The van der Waals surface area contributed by atoms with Crippen LogP contribution in [0, 0.1) is 0 Å². The number of nitrogens with zero attached hydrogens (tertiary/aromatic N) is 3. The lowest BCUT2D eigenvalue weighted by atomic mass is 9.75. The lowest BCUT2D eigenvalue weighted by Crippen LogP contribution is -2.36. The van der Waals surface area contributed by atoms with Crippen LogP contribution in [0.2, 0.25) is 0 Å². The molecule has 2 aromatic carbocycles. The van der Waals surface area contributed by atoms with Gasteiger partial charge in [0, 0.05) is 17.5 Å². The molecule has 0 amide bonds. The minimum atomic E-state index is -4.44. The molecule has 0 aliphatic carbocycles. The lowest BCUT2D eigenvalue weighted by molar-refractivity contribution is -0.137. The summed E-state index contributed by atoms with van der Waals surface area (Å²) in [5, 5.41) is 7.53. The molecule has 1 unspecified atom stereocenters. The van der Waals surface area contributed by atoms with E-state index in [0.29, 0.717) is 12.2 Å². The van der Waals surface area contributed by atoms with Crippen molar-refractivity contribution in [2.45, 2.75) is 61.6 Å². The third-order valence-corrected chi connectivity index (χ3v) is 9.35. The molecule has 1 aromatic heterocycles. The number of nitrogens with one attached hydrogen (secondary N) is 1. The molecule has 1 N–H and O–H groups in total. The Hall–Kier alpha value is -2.70. The molecule has 2 aliphatic rings. The van der Waals surface area contributed by atoms with Gasteiger partial charge in [0.15, 0.2) is 0 Å². The number of halogens is 3. The molecule has 38 heavy (non-hydrogen) atoms. The van der Waals surface area contributed by atoms with Crippen LogP contribution in [0.25, 0.3) is 0 Å². The van der Waals surface area contributed by atoms with E-state index in [1.165, 1.54) is 23.7 Å². The van der Waals surface area contributed by atoms with Crippen molar-refractivity contribution in [3.63, 3.8) is 0 Å². The Balaban J connectivity index is 1.58. The van der Waals surface area contributed by atoms with Gasteiger partial charge in [-0.1, -0.05) is 23.5 Å². The van der Waals surface area contributed by atoms with Crippen molar-refractivity contribution in [1.29, 1.82) is 0 Å². The predicted octanol–water partition coefficient (Wildman–Crippen LogP) is 5.86. The minimum absolute atomic E-state index is 0.00543. The zero-order chi connectivity index (χ0) is 27.3. The third kappa shape index (κ3) is 5.52. The number of sulfonamides is 1. The van der Waals surface area contributed by atoms with Crippen LogP contribution in [-0.2, 0) is 16.2 Å². The Morgan fingerprint density at radius 3 is 2.45 bits per heavy atom. The summed E-state index contributed by atoms with van der Waals surface area (Å²) in [6, 6.07) is 8.76. The summed E-state index contributed by atoms with van der Waals surface area (Å²) in [4.78, 5) is 2.19. The average Bonchev–Trinajstić information content (AvgIpc) is 3.34. The third-order valence-electron chi connectivity index (χ3n) is 7.28. The van der Waals surface area contributed by atoms with Gasteiger partial charge in [-0.3, -0.25) is 4.72 Å². The molecule has 12 heteroatoms. The fourth-order valence-corrected chi connectivity index (χ4v) is 7.12. The first-order chi connectivity index (χ1) is 17.8. The van der Waals surface area contributed by atoms with Crippen LogP contribution < -0.4 is 9.46 Å². The molecule has 1 fully saturated rings. The standard InChI is InChI=1S/C26H29F3N4O3S2/c1-25(2)14-22(19-6-4-17(26(27,28)29)12-21(19)16-8-10-33(3)11-9-16)20-7-5-18(13-23(20)36-25)38(34,35)32-24-31-30-15-37-24/h4-7,12-13,15-16,22H,8-11,14H2,1-3H3,(H,31,32). The smallest absolute Gasteiger partial charge is 0.416 e. The number of piperidine rings is 1. The molecule has 0 spiro atoms. The number of benzene rings is 2. The van der Waals surface area contributed by atoms with Crippen molar-refractivity contribution >= 4 is 26.5 Å². The van der Waals surface area contributed by atoms with Gasteiger partial charge in [0.25, 0.3) is 10.0 Å². The zero-order valence-corrected chi connectivity index (χ0v) is 22.9. The summed E-state index contributed by atoms with van der Waals surface area (Å²) >= 11 is 1.06. The van der Waals surface area contributed by atoms with Crippen molar-refractivity contribution in [3.8, 4) is 5.75 Å². The predicted molar refractivity (Wildman–Crippen MR) is 139 cm³/mol. The van der Waals surface area contributed by atoms with Gasteiger partial charge >= 0.3 is 6.18 Å². The molecular formula is C26H29F3N4O3S2. The molecule has 2 aliphatic heterocycles. The zero-order valence-electron chi connectivity index (χ0n) is 21.2. The number of rotatable bonds is 5. The second-order valence-corrected chi connectivity index (χ2v) is 13.1. The molecule has 1 atom stereocenters. The van der Waals surface area contributed by atoms with Crippen LogP contribution in [-0.4, -0.2) is 49.3 Å². The van der Waals surface area contributed by atoms with Crippen molar-refractivity contribution in [2.24, 2.45) is 0 Å². The molecular weight excluding hydrogens is 537 g/mol. The van der Waals surface area contributed by atoms with E-state index in [-0.39, 0.29) is 21.9 Å². The first-order valence-electron chi connectivity index (χ1n) is 12.3. The largest absolute Gasteiger partial charge is 0.487 e. The van der Waals surface area contributed by atoms with Crippen LogP contribution in [0.15, 0.2) is 46.8 Å². The quantitative estimate of drug-likeness (QED) is 0.417. The van der Waals surface area contributed by atoms with Gasteiger partial charge in [0.05, 0.1) is 10.5 Å². The summed E-state index contributed by atoms with van der Waals surface area (Å²) < 4.78 is 75.8. The van der Waals surface area contributed by atoms with E-state index in [0.717, 1.165) is 60.0 Å². The Morgan fingerprint density at radius 1 is 1.08 bits per heavy atom. The van der Waals surface area contributed by atoms with Gasteiger partial charge in [-0.25, -0.2) is 8.42 Å². The monoisotopic (exact) mass is 566 g/mol. The van der Waals surface area contributed by atoms with Crippen molar-refractivity contribution < 1.29 is 26.3 Å². The highest BCUT2D eigenvalue weighted by atomic mass is 32.2. The van der Waals surface area contributed by atoms with Gasteiger partial charge in [-0.05, 0) is 88.5 Å². The van der Waals surface area contributed by atoms with E-state index in [2.05, 4.69) is 19.8 Å². The molecule has 3 aromatic rings. The van der Waals surface area contributed by atoms with Crippen LogP contribution in [0.3, 0.4) is 0 Å². The first-order valence-corrected chi connectivity index (χ1v) is 14.7. The second-order valence-electron chi connectivity index (χ2n) is 10.6. The second kappa shape index (κ2) is 9.80. The van der Waals surface area contributed by atoms with E-state index in [4.69, 9.17) is 4.74 Å². The van der Waals surface area contributed by atoms with Gasteiger partial charge in [-0.2, -0.15) is 13.2 Å². The topological polar surface area (TPSA) is 84.4 Å². The highest BCUT2D eigenvalue weighted by Gasteiger charge is 2.39. The van der Waals surface area contributed by atoms with E-state index >= 15 is 0 Å². The Kier molecular flexibility index (Phi) is 6.93. The highest BCUT2D eigenvalue weighted by Crippen LogP contribution is 2.48. The van der Waals surface area contributed by atoms with E-state index in [1.807, 2.05) is 20.9 Å². The Morgan fingerprint density at radius 2 is 1.79 bits per heavy atom. The van der Waals surface area contributed by atoms with E-state index in [1.54, 1.807) is 12.1 Å². The highest BCUT2D eigenvalue weighted by molar-refractivity contribution is 7.93. The molecule has 204 valence electrons.